The summed E-state index contributed by atoms with van der Waals surface area (Å²) < 4.78 is 0. The van der Waals surface area contributed by atoms with E-state index in [1.807, 2.05) is 37.3 Å². The van der Waals surface area contributed by atoms with E-state index >= 15 is 0 Å². The fraction of sp³-hybridized carbons (Fsp3) is 0.429. The van der Waals surface area contributed by atoms with Crippen LogP contribution in [0.3, 0.4) is 0 Å². The van der Waals surface area contributed by atoms with Gasteiger partial charge in [0, 0.05) is 10.9 Å². The third-order valence-corrected chi connectivity index (χ3v) is 3.90. The van der Waals surface area contributed by atoms with Crippen molar-refractivity contribution in [3.8, 4) is 0 Å². The molecule has 5 heteroatoms. The molecule has 1 saturated carbocycles. The summed E-state index contributed by atoms with van der Waals surface area (Å²) in [7, 11) is 0. The van der Waals surface area contributed by atoms with Crippen molar-refractivity contribution in [2.24, 2.45) is 0 Å². The number of amides is 2. The topological polar surface area (TPSA) is 58.2 Å². The Bertz CT molecular complexity index is 446. The van der Waals surface area contributed by atoms with Crippen LogP contribution in [-0.4, -0.2) is 29.7 Å². The Balaban J connectivity index is 1.71. The highest BCUT2D eigenvalue weighted by molar-refractivity contribution is 8.00. The van der Waals surface area contributed by atoms with Crippen molar-refractivity contribution in [1.82, 2.24) is 10.6 Å². The summed E-state index contributed by atoms with van der Waals surface area (Å²) in [6.07, 6.45) is 2.11. The van der Waals surface area contributed by atoms with Crippen molar-refractivity contribution >= 4 is 23.6 Å². The molecule has 0 aliphatic heterocycles. The average Bonchev–Trinajstić information content (AvgIpc) is 3.21. The van der Waals surface area contributed by atoms with Gasteiger partial charge in [-0.2, -0.15) is 0 Å². The van der Waals surface area contributed by atoms with Crippen molar-refractivity contribution in [3.05, 3.63) is 30.3 Å². The summed E-state index contributed by atoms with van der Waals surface area (Å²) in [5.74, 6) is -0.215. The SMILES string of the molecule is CC(Sc1ccccc1)C(=O)NCC(=O)NC1CC1. The smallest absolute Gasteiger partial charge is 0.239 e. The van der Waals surface area contributed by atoms with Crippen molar-refractivity contribution in [2.75, 3.05) is 6.54 Å². The number of carbonyl (C=O) groups is 2. The standard InChI is InChI=1S/C14H18N2O2S/c1-10(19-12-5-3-2-4-6-12)14(18)15-9-13(17)16-11-7-8-11/h2-6,10-11H,7-9H2,1H3,(H,15,18)(H,16,17). The van der Waals surface area contributed by atoms with Gasteiger partial charge < -0.3 is 10.6 Å². The molecule has 2 amide bonds. The molecule has 1 aromatic carbocycles. The molecule has 1 aliphatic rings. The minimum Gasteiger partial charge on any atom is -0.352 e. The van der Waals surface area contributed by atoms with Crippen LogP contribution in [-0.2, 0) is 9.59 Å². The van der Waals surface area contributed by atoms with E-state index in [-0.39, 0.29) is 23.6 Å². The quantitative estimate of drug-likeness (QED) is 0.776. The molecular formula is C14H18N2O2S. The Hall–Kier alpha value is -1.49. The van der Waals surface area contributed by atoms with Gasteiger partial charge in [0.2, 0.25) is 11.8 Å². The third-order valence-electron chi connectivity index (χ3n) is 2.79. The van der Waals surface area contributed by atoms with E-state index in [9.17, 15) is 9.59 Å². The van der Waals surface area contributed by atoms with Gasteiger partial charge in [0.25, 0.3) is 0 Å². The Labute approximate surface area is 117 Å². The molecule has 2 N–H and O–H groups in total. The minimum absolute atomic E-state index is 0.0645. The predicted molar refractivity (Wildman–Crippen MR) is 75.9 cm³/mol. The van der Waals surface area contributed by atoms with Crippen LogP contribution >= 0.6 is 11.8 Å². The molecule has 1 aliphatic carbocycles. The van der Waals surface area contributed by atoms with E-state index in [1.165, 1.54) is 11.8 Å². The molecule has 19 heavy (non-hydrogen) atoms. The van der Waals surface area contributed by atoms with Crippen molar-refractivity contribution < 1.29 is 9.59 Å². The van der Waals surface area contributed by atoms with E-state index in [0.717, 1.165) is 17.7 Å². The van der Waals surface area contributed by atoms with Crippen LogP contribution in [0, 0.1) is 0 Å². The largest absolute Gasteiger partial charge is 0.352 e. The van der Waals surface area contributed by atoms with Crippen LogP contribution in [0.2, 0.25) is 0 Å². The zero-order chi connectivity index (χ0) is 13.7. The van der Waals surface area contributed by atoms with Crippen LogP contribution in [0.15, 0.2) is 35.2 Å². The lowest BCUT2D eigenvalue weighted by Crippen LogP contribution is -2.40. The Morgan fingerprint density at radius 2 is 2.00 bits per heavy atom. The lowest BCUT2D eigenvalue weighted by Gasteiger charge is -2.11. The van der Waals surface area contributed by atoms with Gasteiger partial charge in [-0.25, -0.2) is 0 Å². The molecule has 102 valence electrons. The first-order valence-corrected chi connectivity index (χ1v) is 7.32. The number of nitrogens with one attached hydrogen (secondary N) is 2. The summed E-state index contributed by atoms with van der Waals surface area (Å²) in [5.41, 5.74) is 0. The molecule has 1 unspecified atom stereocenters. The Kier molecular flexibility index (Phi) is 4.85. The highest BCUT2D eigenvalue weighted by Gasteiger charge is 2.23. The molecule has 1 fully saturated rings. The molecule has 0 spiro atoms. The highest BCUT2D eigenvalue weighted by Crippen LogP contribution is 2.22. The first-order chi connectivity index (χ1) is 9.15. The van der Waals surface area contributed by atoms with Crippen LogP contribution in [0.1, 0.15) is 19.8 Å². The van der Waals surface area contributed by atoms with Crippen LogP contribution in [0.5, 0.6) is 0 Å². The van der Waals surface area contributed by atoms with Crippen LogP contribution < -0.4 is 10.6 Å². The summed E-state index contributed by atoms with van der Waals surface area (Å²) in [6, 6.07) is 10.1. The van der Waals surface area contributed by atoms with Gasteiger partial charge in [-0.15, -0.1) is 11.8 Å². The van der Waals surface area contributed by atoms with E-state index in [0.29, 0.717) is 6.04 Å². The van der Waals surface area contributed by atoms with Gasteiger partial charge in [0.15, 0.2) is 0 Å². The van der Waals surface area contributed by atoms with Crippen molar-refractivity contribution in [2.45, 2.75) is 36.0 Å². The number of hydrogen-bond acceptors (Lipinski definition) is 3. The van der Waals surface area contributed by atoms with Crippen molar-refractivity contribution in [1.29, 1.82) is 0 Å². The van der Waals surface area contributed by atoms with Gasteiger partial charge >= 0.3 is 0 Å². The van der Waals surface area contributed by atoms with Gasteiger partial charge in [0.05, 0.1) is 11.8 Å². The number of rotatable bonds is 6. The van der Waals surface area contributed by atoms with E-state index in [4.69, 9.17) is 0 Å². The number of benzene rings is 1. The molecule has 1 aromatic rings. The summed E-state index contributed by atoms with van der Waals surface area (Å²) in [4.78, 5) is 24.3. The maximum atomic E-state index is 11.8. The lowest BCUT2D eigenvalue weighted by atomic mass is 10.4. The molecule has 0 bridgehead atoms. The zero-order valence-electron chi connectivity index (χ0n) is 10.9. The molecule has 4 nitrogen and oxygen atoms in total. The van der Waals surface area contributed by atoms with E-state index in [1.54, 1.807) is 0 Å². The Morgan fingerprint density at radius 1 is 1.32 bits per heavy atom. The second-order valence-corrected chi connectivity index (χ2v) is 6.05. The number of hydrogen-bond donors (Lipinski definition) is 2. The zero-order valence-corrected chi connectivity index (χ0v) is 11.7. The molecule has 0 radical (unpaired) electrons. The van der Waals surface area contributed by atoms with Gasteiger partial charge in [0.1, 0.15) is 0 Å². The fourth-order valence-electron chi connectivity index (χ4n) is 1.57. The fourth-order valence-corrected chi connectivity index (χ4v) is 2.49. The van der Waals surface area contributed by atoms with Crippen molar-refractivity contribution in [3.63, 3.8) is 0 Å². The molecular weight excluding hydrogens is 260 g/mol. The number of thioether (sulfide) groups is 1. The van der Waals surface area contributed by atoms with Crippen LogP contribution in [0.4, 0.5) is 0 Å². The maximum Gasteiger partial charge on any atom is 0.239 e. The molecule has 0 saturated heterocycles. The van der Waals surface area contributed by atoms with Gasteiger partial charge in [-0.3, -0.25) is 9.59 Å². The van der Waals surface area contributed by atoms with Crippen LogP contribution in [0.25, 0.3) is 0 Å². The monoisotopic (exact) mass is 278 g/mol. The molecule has 2 rings (SSSR count). The maximum absolute atomic E-state index is 11.8. The highest BCUT2D eigenvalue weighted by atomic mass is 32.2. The summed E-state index contributed by atoms with van der Waals surface area (Å²) in [6.45, 7) is 1.90. The predicted octanol–water partition coefficient (Wildman–Crippen LogP) is 1.56. The third kappa shape index (κ3) is 4.95. The first-order valence-electron chi connectivity index (χ1n) is 6.44. The first kappa shape index (κ1) is 13.9. The Morgan fingerprint density at radius 3 is 2.63 bits per heavy atom. The normalized spacial score (nSPS) is 15.6. The van der Waals surface area contributed by atoms with Gasteiger partial charge in [-0.1, -0.05) is 18.2 Å². The average molecular weight is 278 g/mol. The summed E-state index contributed by atoms with van der Waals surface area (Å²) >= 11 is 1.49. The molecule has 0 heterocycles. The molecule has 0 aromatic heterocycles. The second-order valence-electron chi connectivity index (χ2n) is 4.63. The minimum atomic E-state index is -0.212. The van der Waals surface area contributed by atoms with E-state index < -0.39 is 0 Å². The van der Waals surface area contributed by atoms with Gasteiger partial charge in [-0.05, 0) is 31.9 Å². The second kappa shape index (κ2) is 6.61. The lowest BCUT2D eigenvalue weighted by molar-refractivity contribution is -0.125. The van der Waals surface area contributed by atoms with E-state index in [2.05, 4.69) is 10.6 Å². The molecule has 1 atom stereocenters. The number of carbonyl (C=O) groups excluding carboxylic acids is 2. The summed E-state index contributed by atoms with van der Waals surface area (Å²) in [5, 5.41) is 5.29.